The molecule has 1 unspecified atom stereocenters. The number of aromatic nitrogens is 2. The summed E-state index contributed by atoms with van der Waals surface area (Å²) in [4.78, 5) is 16.2. The molecule has 1 aliphatic rings. The van der Waals surface area contributed by atoms with E-state index in [4.69, 9.17) is 0 Å². The molecule has 0 saturated carbocycles. The molecule has 4 rings (SSSR count). The minimum absolute atomic E-state index is 0.298. The number of imidazole rings is 1. The lowest BCUT2D eigenvalue weighted by atomic mass is 10.2. The third kappa shape index (κ3) is 2.77. The Kier molecular flexibility index (Phi) is 3.87. The predicted octanol–water partition coefficient (Wildman–Crippen LogP) is 4.72. The maximum absolute atomic E-state index is 4.67. The Morgan fingerprint density at radius 1 is 1.35 bits per heavy atom. The van der Waals surface area contributed by atoms with Gasteiger partial charge in [0.2, 0.25) is 0 Å². The van der Waals surface area contributed by atoms with Crippen molar-refractivity contribution in [3.8, 4) is 0 Å². The molecule has 0 saturated heterocycles. The van der Waals surface area contributed by atoms with Gasteiger partial charge in [0.05, 0.1) is 23.1 Å². The molecular weight excluding hydrogens is 324 g/mol. The molecule has 0 amide bonds. The van der Waals surface area contributed by atoms with E-state index in [1.165, 1.54) is 10.4 Å². The molecule has 0 radical (unpaired) electrons. The van der Waals surface area contributed by atoms with Crippen LogP contribution in [-0.4, -0.2) is 28.3 Å². The van der Waals surface area contributed by atoms with Gasteiger partial charge in [-0.3, -0.25) is 0 Å². The van der Waals surface area contributed by atoms with Crippen molar-refractivity contribution in [3.63, 3.8) is 0 Å². The SMILES string of the molecule is CCc1cc2c(s1)N=CN(C)C2SCc1nc2ccccc2[nH]1. The van der Waals surface area contributed by atoms with E-state index in [9.17, 15) is 0 Å². The molecule has 1 N–H and O–H groups in total. The highest BCUT2D eigenvalue weighted by Gasteiger charge is 2.25. The Hall–Kier alpha value is -1.79. The molecule has 3 aromatic rings. The Labute approximate surface area is 143 Å². The van der Waals surface area contributed by atoms with Gasteiger partial charge in [-0.25, -0.2) is 9.98 Å². The second-order valence-corrected chi connectivity index (χ2v) is 7.78. The zero-order valence-electron chi connectivity index (χ0n) is 13.1. The average Bonchev–Trinajstić information content (AvgIpc) is 3.16. The van der Waals surface area contributed by atoms with Crippen LogP contribution in [0.25, 0.3) is 11.0 Å². The molecule has 0 bridgehead atoms. The first-order valence-corrected chi connectivity index (χ1v) is 9.55. The van der Waals surface area contributed by atoms with E-state index in [0.717, 1.165) is 34.0 Å². The van der Waals surface area contributed by atoms with Crippen LogP contribution in [-0.2, 0) is 12.2 Å². The van der Waals surface area contributed by atoms with E-state index in [-0.39, 0.29) is 0 Å². The number of nitrogens with one attached hydrogen (secondary N) is 1. The van der Waals surface area contributed by atoms with Crippen LogP contribution >= 0.6 is 23.1 Å². The minimum Gasteiger partial charge on any atom is -0.349 e. The van der Waals surface area contributed by atoms with Crippen LogP contribution in [0.15, 0.2) is 35.3 Å². The van der Waals surface area contributed by atoms with Crippen LogP contribution in [0.4, 0.5) is 5.00 Å². The summed E-state index contributed by atoms with van der Waals surface area (Å²) in [7, 11) is 2.09. The van der Waals surface area contributed by atoms with Gasteiger partial charge in [-0.15, -0.1) is 23.1 Å². The molecule has 3 heterocycles. The number of thioether (sulfide) groups is 1. The molecule has 23 heavy (non-hydrogen) atoms. The molecule has 0 fully saturated rings. The van der Waals surface area contributed by atoms with Gasteiger partial charge in [-0.05, 0) is 24.6 Å². The minimum atomic E-state index is 0.298. The van der Waals surface area contributed by atoms with Gasteiger partial charge in [0.25, 0.3) is 0 Å². The van der Waals surface area contributed by atoms with Crippen molar-refractivity contribution in [2.24, 2.45) is 4.99 Å². The maximum Gasteiger partial charge on any atom is 0.124 e. The van der Waals surface area contributed by atoms with Gasteiger partial charge in [0, 0.05) is 17.5 Å². The summed E-state index contributed by atoms with van der Waals surface area (Å²) in [5, 5.41) is 1.45. The molecule has 1 aromatic carbocycles. The highest BCUT2D eigenvalue weighted by atomic mass is 32.2. The summed E-state index contributed by atoms with van der Waals surface area (Å²) in [6.45, 7) is 2.20. The topological polar surface area (TPSA) is 44.3 Å². The quantitative estimate of drug-likeness (QED) is 0.746. The fourth-order valence-corrected chi connectivity index (χ4v) is 4.91. The number of H-pyrrole nitrogens is 1. The normalized spacial score (nSPS) is 17.0. The van der Waals surface area contributed by atoms with E-state index >= 15 is 0 Å². The third-order valence-corrected chi connectivity index (χ3v) is 6.49. The van der Waals surface area contributed by atoms with E-state index in [1.54, 1.807) is 11.3 Å². The van der Waals surface area contributed by atoms with Gasteiger partial charge < -0.3 is 9.88 Å². The number of thiophene rings is 1. The number of aryl methyl sites for hydroxylation is 1. The summed E-state index contributed by atoms with van der Waals surface area (Å²) in [5.74, 6) is 1.88. The maximum atomic E-state index is 4.67. The van der Waals surface area contributed by atoms with Crippen molar-refractivity contribution in [1.82, 2.24) is 14.9 Å². The number of fused-ring (bicyclic) bond motifs is 2. The van der Waals surface area contributed by atoms with E-state index in [1.807, 2.05) is 36.3 Å². The van der Waals surface area contributed by atoms with Gasteiger partial charge in [0.1, 0.15) is 16.2 Å². The van der Waals surface area contributed by atoms with Gasteiger partial charge in [0.15, 0.2) is 0 Å². The molecule has 6 heteroatoms. The van der Waals surface area contributed by atoms with Crippen LogP contribution in [0, 0.1) is 0 Å². The fraction of sp³-hybridized carbons (Fsp3) is 0.294. The molecular formula is C17H18N4S2. The summed E-state index contributed by atoms with van der Waals surface area (Å²) in [6.07, 6.45) is 3.01. The van der Waals surface area contributed by atoms with E-state index < -0.39 is 0 Å². The lowest BCUT2D eigenvalue weighted by Crippen LogP contribution is -2.22. The molecule has 0 spiro atoms. The molecule has 0 aliphatic carbocycles. The zero-order chi connectivity index (χ0) is 15.8. The second-order valence-electron chi connectivity index (χ2n) is 5.60. The van der Waals surface area contributed by atoms with Crippen molar-refractivity contribution < 1.29 is 0 Å². The Morgan fingerprint density at radius 2 is 2.22 bits per heavy atom. The van der Waals surface area contributed by atoms with Crippen molar-refractivity contribution in [2.45, 2.75) is 24.5 Å². The van der Waals surface area contributed by atoms with Crippen molar-refractivity contribution in [3.05, 3.63) is 46.6 Å². The highest BCUT2D eigenvalue weighted by molar-refractivity contribution is 7.98. The van der Waals surface area contributed by atoms with Crippen molar-refractivity contribution in [2.75, 3.05) is 7.05 Å². The lowest BCUT2D eigenvalue weighted by Gasteiger charge is -2.28. The fourth-order valence-electron chi connectivity index (χ4n) is 2.76. The number of benzene rings is 1. The molecule has 4 nitrogen and oxygen atoms in total. The van der Waals surface area contributed by atoms with Crippen molar-refractivity contribution >= 4 is 45.5 Å². The molecule has 1 aliphatic heterocycles. The number of aliphatic imine (C=N–C) groups is 1. The summed E-state index contributed by atoms with van der Waals surface area (Å²) >= 11 is 3.69. The number of para-hydroxylation sites is 2. The zero-order valence-corrected chi connectivity index (χ0v) is 14.7. The summed E-state index contributed by atoms with van der Waals surface area (Å²) in [6, 6.07) is 10.5. The molecule has 118 valence electrons. The predicted molar refractivity (Wildman–Crippen MR) is 99.7 cm³/mol. The first-order valence-electron chi connectivity index (χ1n) is 7.68. The van der Waals surface area contributed by atoms with Crippen LogP contribution in [0.3, 0.4) is 0 Å². The van der Waals surface area contributed by atoms with Crippen LogP contribution in [0.5, 0.6) is 0 Å². The second kappa shape index (κ2) is 6.02. The summed E-state index contributed by atoms with van der Waals surface area (Å²) < 4.78 is 0. The van der Waals surface area contributed by atoms with Crippen LogP contribution in [0.2, 0.25) is 0 Å². The van der Waals surface area contributed by atoms with Crippen molar-refractivity contribution in [1.29, 1.82) is 0 Å². The van der Waals surface area contributed by atoms with Gasteiger partial charge in [-0.1, -0.05) is 19.1 Å². The standard InChI is InChI=1S/C17H18N4S2/c1-3-11-8-12-16(23-11)18-10-21(2)17(12)22-9-15-19-13-6-4-5-7-14(13)20-15/h4-8,10,17H,3,9H2,1-2H3,(H,19,20). The number of rotatable bonds is 4. The lowest BCUT2D eigenvalue weighted by molar-refractivity contribution is 0.496. The van der Waals surface area contributed by atoms with Gasteiger partial charge >= 0.3 is 0 Å². The summed E-state index contributed by atoms with van der Waals surface area (Å²) in [5.41, 5.74) is 3.47. The average molecular weight is 342 g/mol. The number of aromatic amines is 1. The largest absolute Gasteiger partial charge is 0.349 e. The monoisotopic (exact) mass is 342 g/mol. The Bertz CT molecular complexity index is 831. The number of hydrogen-bond acceptors (Lipinski definition) is 5. The van der Waals surface area contributed by atoms with Crippen LogP contribution < -0.4 is 0 Å². The van der Waals surface area contributed by atoms with Gasteiger partial charge in [-0.2, -0.15) is 0 Å². The first-order chi connectivity index (χ1) is 11.2. The Balaban J connectivity index is 1.56. The van der Waals surface area contributed by atoms with E-state index in [0.29, 0.717) is 5.37 Å². The number of hydrogen-bond donors (Lipinski definition) is 1. The van der Waals surface area contributed by atoms with E-state index in [2.05, 4.69) is 46.0 Å². The van der Waals surface area contributed by atoms with Crippen LogP contribution in [0.1, 0.15) is 28.6 Å². The molecule has 1 atom stereocenters. The Morgan fingerprint density at radius 3 is 3.04 bits per heavy atom. The molecule has 2 aromatic heterocycles. The third-order valence-electron chi connectivity index (χ3n) is 3.95. The number of nitrogens with zero attached hydrogens (tertiary/aromatic N) is 3. The highest BCUT2D eigenvalue weighted by Crippen LogP contribution is 2.45. The smallest absolute Gasteiger partial charge is 0.124 e. The first kappa shape index (κ1) is 14.8.